The summed E-state index contributed by atoms with van der Waals surface area (Å²) < 4.78 is 0. The molecule has 0 heterocycles. The number of carbonyl (C=O) groups is 1. The van der Waals surface area contributed by atoms with Crippen LogP contribution >= 0.6 is 0 Å². The topological polar surface area (TPSA) is 78.9 Å². The molecule has 11 heavy (non-hydrogen) atoms. The van der Waals surface area contributed by atoms with Crippen molar-refractivity contribution in [3.05, 3.63) is 0 Å². The monoisotopic (exact) mass is 155 g/mol. The minimum atomic E-state index is -0.570. The highest BCUT2D eigenvalue weighted by atomic mass is 16.2. The van der Waals surface area contributed by atoms with Gasteiger partial charge in [0.15, 0.2) is 6.19 Å². The Morgan fingerprint density at radius 3 is 2.73 bits per heavy atom. The maximum absolute atomic E-state index is 10.9. The first-order chi connectivity index (χ1) is 5.13. The number of rotatable bonds is 3. The zero-order chi connectivity index (χ0) is 8.85. The van der Waals surface area contributed by atoms with Crippen molar-refractivity contribution in [2.45, 2.75) is 26.3 Å². The van der Waals surface area contributed by atoms with Gasteiger partial charge in [-0.2, -0.15) is 5.26 Å². The highest BCUT2D eigenvalue weighted by molar-refractivity contribution is 5.82. The second kappa shape index (κ2) is 4.69. The van der Waals surface area contributed by atoms with Crippen LogP contribution in [0.15, 0.2) is 0 Å². The second-order valence-electron chi connectivity index (χ2n) is 2.51. The van der Waals surface area contributed by atoms with E-state index in [1.165, 1.54) is 0 Å². The van der Waals surface area contributed by atoms with E-state index in [1.54, 1.807) is 6.19 Å². The molecule has 0 spiro atoms. The van der Waals surface area contributed by atoms with Crippen molar-refractivity contribution >= 4 is 5.91 Å². The third kappa shape index (κ3) is 3.01. The normalized spacial score (nSPS) is 14.7. The predicted molar refractivity (Wildman–Crippen MR) is 41.2 cm³/mol. The summed E-state index contributed by atoms with van der Waals surface area (Å²) in [7, 11) is 0. The van der Waals surface area contributed by atoms with Crippen LogP contribution in [0.4, 0.5) is 0 Å². The van der Waals surface area contributed by atoms with E-state index in [4.69, 9.17) is 11.0 Å². The molecule has 0 aliphatic carbocycles. The van der Waals surface area contributed by atoms with Crippen molar-refractivity contribution in [2.75, 3.05) is 0 Å². The molecule has 4 nitrogen and oxygen atoms in total. The molecule has 3 N–H and O–H groups in total. The lowest BCUT2D eigenvalue weighted by molar-refractivity contribution is -0.122. The molecule has 0 saturated heterocycles. The van der Waals surface area contributed by atoms with Gasteiger partial charge in [-0.3, -0.25) is 10.1 Å². The highest BCUT2D eigenvalue weighted by Crippen LogP contribution is 2.04. The Morgan fingerprint density at radius 1 is 1.82 bits per heavy atom. The number of amides is 1. The molecule has 0 saturated carbocycles. The fourth-order valence-electron chi connectivity index (χ4n) is 0.651. The number of hydrogen-bond acceptors (Lipinski definition) is 3. The first kappa shape index (κ1) is 9.92. The Kier molecular flexibility index (Phi) is 4.23. The van der Waals surface area contributed by atoms with Crippen LogP contribution in [-0.2, 0) is 4.79 Å². The molecule has 1 amide bonds. The third-order valence-electron chi connectivity index (χ3n) is 1.74. The molecular formula is C7H13N3O. The Balaban J connectivity index is 3.93. The Labute approximate surface area is 66.4 Å². The van der Waals surface area contributed by atoms with Crippen LogP contribution < -0.4 is 11.1 Å². The van der Waals surface area contributed by atoms with Gasteiger partial charge in [0.2, 0.25) is 5.91 Å². The van der Waals surface area contributed by atoms with Crippen LogP contribution in [0, 0.1) is 17.4 Å². The van der Waals surface area contributed by atoms with Gasteiger partial charge >= 0.3 is 0 Å². The van der Waals surface area contributed by atoms with Gasteiger partial charge < -0.3 is 5.73 Å². The van der Waals surface area contributed by atoms with Crippen molar-refractivity contribution in [1.29, 1.82) is 5.26 Å². The number of nitrogens with zero attached hydrogens (tertiary/aromatic N) is 1. The first-order valence-electron chi connectivity index (χ1n) is 3.58. The van der Waals surface area contributed by atoms with Crippen LogP contribution in [0.5, 0.6) is 0 Å². The minimum absolute atomic E-state index is 0.114. The average molecular weight is 155 g/mol. The lowest BCUT2D eigenvalue weighted by atomic mass is 10.00. The van der Waals surface area contributed by atoms with Gasteiger partial charge in [0.05, 0.1) is 6.04 Å². The van der Waals surface area contributed by atoms with E-state index in [0.29, 0.717) is 0 Å². The molecule has 2 atom stereocenters. The summed E-state index contributed by atoms with van der Waals surface area (Å²) >= 11 is 0. The van der Waals surface area contributed by atoms with E-state index in [0.717, 1.165) is 6.42 Å². The fourth-order valence-corrected chi connectivity index (χ4v) is 0.651. The zero-order valence-electron chi connectivity index (χ0n) is 6.79. The first-order valence-corrected chi connectivity index (χ1v) is 3.58. The molecule has 0 aliphatic heterocycles. The SMILES string of the molecule is CC[C@H](C)[C@H](N)C(=O)NC#N. The van der Waals surface area contributed by atoms with Crippen LogP contribution in [0.3, 0.4) is 0 Å². The molecule has 0 aromatic rings. The molecule has 0 aromatic carbocycles. The number of nitrogens with two attached hydrogens (primary N) is 1. The van der Waals surface area contributed by atoms with Crippen molar-refractivity contribution in [2.24, 2.45) is 11.7 Å². The Morgan fingerprint density at radius 2 is 2.36 bits per heavy atom. The molecule has 0 aromatic heterocycles. The standard InChI is InChI=1S/C7H13N3O/c1-3-5(2)6(9)7(11)10-4-8/h5-6H,3,9H2,1-2H3,(H,10,11)/t5-,6-/m0/s1. The summed E-state index contributed by atoms with van der Waals surface area (Å²) in [5.74, 6) is -0.287. The summed E-state index contributed by atoms with van der Waals surface area (Å²) in [5, 5.41) is 10.1. The van der Waals surface area contributed by atoms with Gasteiger partial charge in [-0.05, 0) is 5.92 Å². The van der Waals surface area contributed by atoms with E-state index in [1.807, 2.05) is 19.2 Å². The van der Waals surface area contributed by atoms with E-state index < -0.39 is 11.9 Å². The summed E-state index contributed by atoms with van der Waals surface area (Å²) in [5.41, 5.74) is 5.49. The average Bonchev–Trinajstić information content (AvgIpc) is 2.02. The van der Waals surface area contributed by atoms with Gasteiger partial charge in [0.1, 0.15) is 0 Å². The Hall–Kier alpha value is -1.08. The molecule has 0 unspecified atom stereocenters. The molecule has 0 aliphatic rings. The van der Waals surface area contributed by atoms with Gasteiger partial charge in [-0.25, -0.2) is 0 Å². The van der Waals surface area contributed by atoms with Crippen molar-refractivity contribution in [3.63, 3.8) is 0 Å². The molecule has 0 fully saturated rings. The molecular weight excluding hydrogens is 142 g/mol. The summed E-state index contributed by atoms with van der Waals surface area (Å²) in [6, 6.07) is -0.570. The van der Waals surface area contributed by atoms with Crippen LogP contribution in [-0.4, -0.2) is 11.9 Å². The molecule has 0 rings (SSSR count). The number of nitriles is 1. The van der Waals surface area contributed by atoms with E-state index in [9.17, 15) is 4.79 Å². The maximum Gasteiger partial charge on any atom is 0.250 e. The van der Waals surface area contributed by atoms with Crippen LogP contribution in [0.25, 0.3) is 0 Å². The van der Waals surface area contributed by atoms with Gasteiger partial charge in [-0.15, -0.1) is 0 Å². The van der Waals surface area contributed by atoms with E-state index >= 15 is 0 Å². The highest BCUT2D eigenvalue weighted by Gasteiger charge is 2.18. The summed E-state index contributed by atoms with van der Waals surface area (Å²) in [6.45, 7) is 3.83. The smallest absolute Gasteiger partial charge is 0.250 e. The zero-order valence-corrected chi connectivity index (χ0v) is 6.79. The minimum Gasteiger partial charge on any atom is -0.320 e. The van der Waals surface area contributed by atoms with Gasteiger partial charge in [-0.1, -0.05) is 20.3 Å². The van der Waals surface area contributed by atoms with Gasteiger partial charge in [0.25, 0.3) is 0 Å². The van der Waals surface area contributed by atoms with Gasteiger partial charge in [0, 0.05) is 0 Å². The van der Waals surface area contributed by atoms with Crippen LogP contribution in [0.2, 0.25) is 0 Å². The van der Waals surface area contributed by atoms with Crippen molar-refractivity contribution in [1.82, 2.24) is 5.32 Å². The number of carbonyl (C=O) groups excluding carboxylic acids is 1. The summed E-state index contributed by atoms with van der Waals surface area (Å²) in [4.78, 5) is 10.9. The lowest BCUT2D eigenvalue weighted by Crippen LogP contribution is -2.42. The predicted octanol–water partition coefficient (Wildman–Crippen LogP) is -0.0429. The lowest BCUT2D eigenvalue weighted by Gasteiger charge is -2.14. The quantitative estimate of drug-likeness (QED) is 0.443. The summed E-state index contributed by atoms with van der Waals surface area (Å²) in [6.07, 6.45) is 2.38. The maximum atomic E-state index is 10.9. The fraction of sp³-hybridized carbons (Fsp3) is 0.714. The van der Waals surface area contributed by atoms with Crippen molar-refractivity contribution < 1.29 is 4.79 Å². The third-order valence-corrected chi connectivity index (χ3v) is 1.74. The van der Waals surface area contributed by atoms with Crippen LogP contribution in [0.1, 0.15) is 20.3 Å². The second-order valence-corrected chi connectivity index (χ2v) is 2.51. The molecule has 0 radical (unpaired) electrons. The van der Waals surface area contributed by atoms with E-state index in [-0.39, 0.29) is 5.92 Å². The molecule has 62 valence electrons. The Bertz CT molecular complexity index is 173. The molecule has 4 heteroatoms. The number of hydrogen-bond donors (Lipinski definition) is 2. The van der Waals surface area contributed by atoms with E-state index in [2.05, 4.69) is 0 Å². The van der Waals surface area contributed by atoms with Crippen molar-refractivity contribution in [3.8, 4) is 6.19 Å². The molecule has 0 bridgehead atoms. The number of nitrogens with one attached hydrogen (secondary N) is 1. The largest absolute Gasteiger partial charge is 0.320 e.